The number of rotatable bonds is 8. The van der Waals surface area contributed by atoms with Crippen LogP contribution in [0.1, 0.15) is 0 Å². The molecule has 0 N–H and O–H groups in total. The van der Waals surface area contributed by atoms with Crippen LogP contribution in [-0.2, 0) is 0 Å². The Morgan fingerprint density at radius 2 is 0.650 bits per heavy atom. The summed E-state index contributed by atoms with van der Waals surface area (Å²) < 4.78 is 6.21. The Bertz CT molecular complexity index is 3270. The Labute approximate surface area is 349 Å². The number of nitrogens with zero attached hydrogens (tertiary/aromatic N) is 1. The van der Waals surface area contributed by atoms with Gasteiger partial charge in [-0.3, -0.25) is 0 Å². The van der Waals surface area contributed by atoms with Gasteiger partial charge in [-0.2, -0.15) is 0 Å². The second-order valence-electron chi connectivity index (χ2n) is 15.4. The van der Waals surface area contributed by atoms with Gasteiger partial charge in [-0.05, 0) is 139 Å². The molecular formula is C58H39NO. The molecule has 0 atom stereocenters. The Hall–Kier alpha value is -7.94. The van der Waals surface area contributed by atoms with Crippen molar-refractivity contribution >= 4 is 49.6 Å². The van der Waals surface area contributed by atoms with Crippen LogP contribution in [0.4, 0.5) is 17.1 Å². The highest BCUT2D eigenvalue weighted by atomic mass is 16.3. The van der Waals surface area contributed by atoms with Crippen LogP contribution in [0.25, 0.3) is 88.3 Å². The van der Waals surface area contributed by atoms with E-state index in [9.17, 15) is 0 Å². The van der Waals surface area contributed by atoms with Gasteiger partial charge < -0.3 is 9.32 Å². The number of hydrogen-bond donors (Lipinski definition) is 0. The fraction of sp³-hybridized carbons (Fsp3) is 0. The van der Waals surface area contributed by atoms with Crippen molar-refractivity contribution in [3.8, 4) is 55.8 Å². The highest BCUT2D eigenvalue weighted by Gasteiger charge is 2.15. The summed E-state index contributed by atoms with van der Waals surface area (Å²) in [6, 6.07) is 85.0. The Balaban J connectivity index is 0.947. The van der Waals surface area contributed by atoms with Gasteiger partial charge in [0.05, 0.1) is 0 Å². The highest BCUT2D eigenvalue weighted by molar-refractivity contribution is 5.93. The molecule has 0 aliphatic rings. The zero-order valence-electron chi connectivity index (χ0n) is 32.9. The smallest absolute Gasteiger partial charge is 0.135 e. The average molecular weight is 766 g/mol. The second-order valence-corrected chi connectivity index (χ2v) is 15.4. The van der Waals surface area contributed by atoms with Gasteiger partial charge in [0.25, 0.3) is 0 Å². The van der Waals surface area contributed by atoms with Crippen LogP contribution in [0.15, 0.2) is 241 Å². The van der Waals surface area contributed by atoms with E-state index in [2.05, 4.69) is 223 Å². The molecule has 0 unspecified atom stereocenters. The van der Waals surface area contributed by atoms with Crippen LogP contribution < -0.4 is 4.90 Å². The van der Waals surface area contributed by atoms with Crippen LogP contribution in [0.2, 0.25) is 0 Å². The summed E-state index contributed by atoms with van der Waals surface area (Å²) in [5.41, 5.74) is 14.8. The minimum Gasteiger partial charge on any atom is -0.456 e. The molecule has 1 heterocycles. The molecule has 0 spiro atoms. The van der Waals surface area contributed by atoms with Crippen molar-refractivity contribution < 1.29 is 4.42 Å². The second kappa shape index (κ2) is 15.1. The summed E-state index contributed by atoms with van der Waals surface area (Å²) in [7, 11) is 0. The maximum atomic E-state index is 6.21. The normalized spacial score (nSPS) is 11.3. The van der Waals surface area contributed by atoms with E-state index in [0.717, 1.165) is 44.9 Å². The summed E-state index contributed by atoms with van der Waals surface area (Å²) in [4.78, 5) is 2.36. The van der Waals surface area contributed by atoms with Crippen molar-refractivity contribution in [2.24, 2.45) is 0 Å². The van der Waals surface area contributed by atoms with E-state index in [1.165, 1.54) is 60.5 Å². The van der Waals surface area contributed by atoms with E-state index in [0.29, 0.717) is 0 Å². The van der Waals surface area contributed by atoms with Crippen molar-refractivity contribution in [3.63, 3.8) is 0 Å². The van der Waals surface area contributed by atoms with E-state index in [1.807, 2.05) is 18.2 Å². The Morgan fingerprint density at radius 1 is 0.233 bits per heavy atom. The first-order valence-corrected chi connectivity index (χ1v) is 20.5. The molecule has 0 bridgehead atoms. The molecule has 60 heavy (non-hydrogen) atoms. The molecule has 0 amide bonds. The summed E-state index contributed by atoms with van der Waals surface area (Å²) >= 11 is 0. The number of hydrogen-bond acceptors (Lipinski definition) is 2. The first-order valence-electron chi connectivity index (χ1n) is 20.5. The van der Waals surface area contributed by atoms with Crippen LogP contribution in [0.5, 0.6) is 0 Å². The molecule has 0 saturated heterocycles. The van der Waals surface area contributed by atoms with Crippen molar-refractivity contribution in [1.29, 1.82) is 0 Å². The fourth-order valence-electron chi connectivity index (χ4n) is 8.46. The lowest BCUT2D eigenvalue weighted by molar-refractivity contribution is 0.631. The molecule has 0 radical (unpaired) electrons. The average Bonchev–Trinajstić information content (AvgIpc) is 3.77. The van der Waals surface area contributed by atoms with E-state index in [-0.39, 0.29) is 0 Å². The van der Waals surface area contributed by atoms with Crippen molar-refractivity contribution in [3.05, 3.63) is 237 Å². The molecule has 11 rings (SSSR count). The highest BCUT2D eigenvalue weighted by Crippen LogP contribution is 2.40. The van der Waals surface area contributed by atoms with Gasteiger partial charge in [-0.25, -0.2) is 0 Å². The van der Waals surface area contributed by atoms with Gasteiger partial charge in [0.2, 0.25) is 0 Å². The predicted octanol–water partition coefficient (Wildman–Crippen LogP) is 16.5. The number of benzene rings is 10. The van der Waals surface area contributed by atoms with Crippen molar-refractivity contribution in [2.75, 3.05) is 4.90 Å². The van der Waals surface area contributed by atoms with Gasteiger partial charge in [0.1, 0.15) is 11.3 Å². The Kier molecular flexibility index (Phi) is 8.87. The maximum absolute atomic E-state index is 6.21. The molecule has 282 valence electrons. The number of fused-ring (bicyclic) bond motifs is 3. The number of para-hydroxylation sites is 1. The summed E-state index contributed by atoms with van der Waals surface area (Å²) in [5.74, 6) is 0.877. The number of furan rings is 1. The first kappa shape index (κ1) is 35.2. The zero-order valence-corrected chi connectivity index (χ0v) is 32.9. The fourth-order valence-corrected chi connectivity index (χ4v) is 8.46. The standard InChI is InChI=1S/C58H39NO/c1-2-10-40(11-3-1)45-15-8-16-46(34-45)42-24-29-54(30-25-42)59(55-31-26-43(27-32-55)48-21-20-41-12-4-5-13-44(41)35-48)56-33-28-50-36-49(22-23-51(50)38-56)47-17-9-18-52(37-47)58-39-53-14-6-7-19-57(53)60-58/h1-39H. The molecule has 11 aromatic rings. The van der Waals surface area contributed by atoms with Crippen LogP contribution in [0, 0.1) is 0 Å². The zero-order chi connectivity index (χ0) is 39.8. The lowest BCUT2D eigenvalue weighted by Gasteiger charge is -2.26. The lowest BCUT2D eigenvalue weighted by atomic mass is 9.98. The monoisotopic (exact) mass is 765 g/mol. The first-order chi connectivity index (χ1) is 29.7. The molecule has 0 aliphatic carbocycles. The quantitative estimate of drug-likeness (QED) is 0.153. The van der Waals surface area contributed by atoms with E-state index in [4.69, 9.17) is 4.42 Å². The molecule has 2 nitrogen and oxygen atoms in total. The topological polar surface area (TPSA) is 16.4 Å². The Morgan fingerprint density at radius 3 is 1.33 bits per heavy atom. The number of anilines is 3. The summed E-state index contributed by atoms with van der Waals surface area (Å²) in [6.45, 7) is 0. The van der Waals surface area contributed by atoms with Crippen LogP contribution >= 0.6 is 0 Å². The molecule has 0 aliphatic heterocycles. The summed E-state index contributed by atoms with van der Waals surface area (Å²) in [6.07, 6.45) is 0. The third-order valence-electron chi connectivity index (χ3n) is 11.6. The van der Waals surface area contributed by atoms with Crippen LogP contribution in [0.3, 0.4) is 0 Å². The minimum absolute atomic E-state index is 0.877. The van der Waals surface area contributed by atoms with Gasteiger partial charge in [0, 0.05) is 28.0 Å². The minimum atomic E-state index is 0.877. The molecule has 0 fully saturated rings. The lowest BCUT2D eigenvalue weighted by Crippen LogP contribution is -2.09. The third-order valence-corrected chi connectivity index (χ3v) is 11.6. The van der Waals surface area contributed by atoms with Gasteiger partial charge in [0.15, 0.2) is 0 Å². The maximum Gasteiger partial charge on any atom is 0.135 e. The van der Waals surface area contributed by atoms with Gasteiger partial charge in [-0.1, -0.05) is 164 Å². The van der Waals surface area contributed by atoms with Crippen molar-refractivity contribution in [1.82, 2.24) is 0 Å². The largest absolute Gasteiger partial charge is 0.456 e. The van der Waals surface area contributed by atoms with E-state index < -0.39 is 0 Å². The summed E-state index contributed by atoms with van der Waals surface area (Å²) in [5, 5.41) is 5.97. The molecule has 0 saturated carbocycles. The SMILES string of the molecule is c1ccc(-c2cccc(-c3ccc(N(c4ccc(-c5ccc6ccccc6c5)cc4)c4ccc5cc(-c6cccc(-c7cc8ccccc8o7)c6)ccc5c4)cc3)c2)cc1. The van der Waals surface area contributed by atoms with E-state index >= 15 is 0 Å². The third kappa shape index (κ3) is 6.81. The molecule has 10 aromatic carbocycles. The molecule has 2 heteroatoms. The van der Waals surface area contributed by atoms with Crippen LogP contribution in [-0.4, -0.2) is 0 Å². The molecular weight excluding hydrogens is 727 g/mol. The van der Waals surface area contributed by atoms with Crippen molar-refractivity contribution in [2.45, 2.75) is 0 Å². The molecule has 1 aromatic heterocycles. The van der Waals surface area contributed by atoms with Gasteiger partial charge in [-0.15, -0.1) is 0 Å². The van der Waals surface area contributed by atoms with Gasteiger partial charge >= 0.3 is 0 Å². The predicted molar refractivity (Wildman–Crippen MR) is 253 cm³/mol. The van der Waals surface area contributed by atoms with E-state index in [1.54, 1.807) is 0 Å².